The highest BCUT2D eigenvalue weighted by Crippen LogP contribution is 2.31. The van der Waals surface area contributed by atoms with Crippen molar-refractivity contribution in [2.24, 2.45) is 0 Å². The summed E-state index contributed by atoms with van der Waals surface area (Å²) in [4.78, 5) is 24.1. The predicted molar refractivity (Wildman–Crippen MR) is 126 cm³/mol. The molecule has 0 aliphatic rings. The van der Waals surface area contributed by atoms with E-state index >= 15 is 0 Å². The van der Waals surface area contributed by atoms with Gasteiger partial charge in [-0.2, -0.15) is 0 Å². The number of carbonyl (C=O) groups is 2. The molecule has 1 amide bonds. The number of rotatable bonds is 9. The van der Waals surface area contributed by atoms with E-state index in [0.717, 1.165) is 10.0 Å². The first-order chi connectivity index (χ1) is 15.5. The highest BCUT2D eigenvalue weighted by atomic mass is 79.9. The van der Waals surface area contributed by atoms with Crippen molar-refractivity contribution in [1.82, 2.24) is 5.32 Å². The van der Waals surface area contributed by atoms with Crippen LogP contribution in [-0.4, -0.2) is 23.6 Å². The van der Waals surface area contributed by atoms with E-state index in [2.05, 4.69) is 21.2 Å². The number of amides is 1. The lowest BCUT2D eigenvalue weighted by Crippen LogP contribution is -2.27. The van der Waals surface area contributed by atoms with Crippen molar-refractivity contribution in [3.63, 3.8) is 0 Å². The summed E-state index contributed by atoms with van der Waals surface area (Å²) in [6.45, 7) is 2.60. The summed E-state index contributed by atoms with van der Waals surface area (Å²) in [5.74, 6) is -0.739. The van der Waals surface area contributed by atoms with Crippen LogP contribution in [0.2, 0.25) is 0 Å². The molecule has 3 aromatic rings. The summed E-state index contributed by atoms with van der Waals surface area (Å²) in [5.41, 5.74) is 1.65. The Balaban J connectivity index is 1.81. The maximum absolute atomic E-state index is 12.4. The van der Waals surface area contributed by atoms with Gasteiger partial charge in [0.25, 0.3) is 5.91 Å². The Bertz CT molecular complexity index is 1130. The summed E-state index contributed by atoms with van der Waals surface area (Å²) in [6.07, 6.45) is 1.38. The minimum atomic E-state index is -1.25. The van der Waals surface area contributed by atoms with E-state index < -0.39 is 11.9 Å². The molecule has 2 N–H and O–H groups in total. The molecule has 32 heavy (non-hydrogen) atoms. The molecule has 0 aromatic heterocycles. The minimum absolute atomic E-state index is 0.247. The molecule has 0 saturated carbocycles. The molecule has 6 nitrogen and oxygen atoms in total. The van der Waals surface area contributed by atoms with E-state index in [9.17, 15) is 14.7 Å². The molecule has 7 heteroatoms. The Morgan fingerprint density at radius 1 is 0.969 bits per heavy atom. The Morgan fingerprint density at radius 3 is 2.38 bits per heavy atom. The highest BCUT2D eigenvalue weighted by molar-refractivity contribution is 9.10. The molecule has 0 radical (unpaired) electrons. The zero-order valence-electron chi connectivity index (χ0n) is 17.4. The number of ether oxygens (including phenoxy) is 2. The van der Waals surface area contributed by atoms with Crippen LogP contribution >= 0.6 is 15.9 Å². The standard InChI is InChI=1S/C25H22BrNO5/c1-2-31-23-15-17(12-13-22(23)32-16-19-10-6-7-11-20(19)26)14-21(25(29)30)27-24(28)18-8-4-3-5-9-18/h3-15H,2,16H2,1H3,(H,27,28)(H,29,30)/b21-14+. The molecule has 0 aliphatic carbocycles. The van der Waals surface area contributed by atoms with Crippen molar-refractivity contribution in [3.8, 4) is 11.5 Å². The number of hydrogen-bond donors (Lipinski definition) is 2. The second-order valence-corrected chi connectivity index (χ2v) is 7.56. The van der Waals surface area contributed by atoms with Crippen LogP contribution in [0.1, 0.15) is 28.4 Å². The van der Waals surface area contributed by atoms with Crippen molar-refractivity contribution in [1.29, 1.82) is 0 Å². The molecule has 0 aliphatic heterocycles. The lowest BCUT2D eigenvalue weighted by Gasteiger charge is -2.14. The molecular formula is C25H22BrNO5. The Kier molecular flexibility index (Phi) is 8.05. The average Bonchev–Trinajstić information content (AvgIpc) is 2.79. The number of halogens is 1. The molecular weight excluding hydrogens is 474 g/mol. The van der Waals surface area contributed by atoms with Gasteiger partial charge in [0.1, 0.15) is 12.3 Å². The molecule has 3 rings (SSSR count). The van der Waals surface area contributed by atoms with Gasteiger partial charge in [0, 0.05) is 15.6 Å². The first-order valence-electron chi connectivity index (χ1n) is 9.92. The molecule has 0 saturated heterocycles. The maximum Gasteiger partial charge on any atom is 0.352 e. The SMILES string of the molecule is CCOc1cc(/C=C(/NC(=O)c2ccccc2)C(=O)O)ccc1OCc1ccccc1Br. The van der Waals surface area contributed by atoms with Gasteiger partial charge >= 0.3 is 5.97 Å². The summed E-state index contributed by atoms with van der Waals surface area (Å²) < 4.78 is 12.6. The molecule has 0 fully saturated rings. The molecule has 0 unspecified atom stereocenters. The summed E-state index contributed by atoms with van der Waals surface area (Å²) >= 11 is 3.50. The van der Waals surface area contributed by atoms with Crippen molar-refractivity contribution in [3.05, 3.63) is 99.7 Å². The Morgan fingerprint density at radius 2 is 1.69 bits per heavy atom. The Hall–Kier alpha value is -3.58. The van der Waals surface area contributed by atoms with Crippen LogP contribution in [0.25, 0.3) is 6.08 Å². The lowest BCUT2D eigenvalue weighted by atomic mass is 10.1. The maximum atomic E-state index is 12.4. The van der Waals surface area contributed by atoms with Gasteiger partial charge in [0.2, 0.25) is 0 Å². The van der Waals surface area contributed by atoms with E-state index in [0.29, 0.717) is 35.8 Å². The molecule has 164 valence electrons. The van der Waals surface area contributed by atoms with Crippen LogP contribution in [0.4, 0.5) is 0 Å². The van der Waals surface area contributed by atoms with Crippen molar-refractivity contribution >= 4 is 33.9 Å². The molecule has 3 aromatic carbocycles. The predicted octanol–water partition coefficient (Wildman–Crippen LogP) is 5.28. The van der Waals surface area contributed by atoms with Gasteiger partial charge in [0.05, 0.1) is 6.61 Å². The third-order valence-electron chi connectivity index (χ3n) is 4.43. The number of aliphatic carboxylic acids is 1. The number of carboxylic acid groups (broad SMARTS) is 1. The first-order valence-corrected chi connectivity index (χ1v) is 10.7. The van der Waals surface area contributed by atoms with Crippen LogP contribution in [0.3, 0.4) is 0 Å². The zero-order valence-corrected chi connectivity index (χ0v) is 19.0. The van der Waals surface area contributed by atoms with Gasteiger partial charge in [-0.25, -0.2) is 4.79 Å². The number of nitrogens with one attached hydrogen (secondary N) is 1. The van der Waals surface area contributed by atoms with Gasteiger partial charge in [-0.05, 0) is 48.9 Å². The fourth-order valence-electron chi connectivity index (χ4n) is 2.87. The van der Waals surface area contributed by atoms with Crippen LogP contribution in [0.15, 0.2) is 83.0 Å². The fraction of sp³-hybridized carbons (Fsp3) is 0.120. The van der Waals surface area contributed by atoms with Crippen molar-refractivity contribution in [2.45, 2.75) is 13.5 Å². The second-order valence-electron chi connectivity index (χ2n) is 6.70. The zero-order chi connectivity index (χ0) is 22.9. The fourth-order valence-corrected chi connectivity index (χ4v) is 3.27. The minimum Gasteiger partial charge on any atom is -0.490 e. The van der Waals surface area contributed by atoms with Gasteiger partial charge < -0.3 is 19.9 Å². The van der Waals surface area contributed by atoms with E-state index in [1.807, 2.05) is 31.2 Å². The summed E-state index contributed by atoms with van der Waals surface area (Å²) in [5, 5.41) is 12.0. The second kappa shape index (κ2) is 11.2. The largest absolute Gasteiger partial charge is 0.490 e. The molecule has 0 bridgehead atoms. The molecule has 0 spiro atoms. The van der Waals surface area contributed by atoms with Crippen LogP contribution in [0.5, 0.6) is 11.5 Å². The number of hydrogen-bond acceptors (Lipinski definition) is 4. The van der Waals surface area contributed by atoms with E-state index in [1.54, 1.807) is 48.5 Å². The third-order valence-corrected chi connectivity index (χ3v) is 5.21. The monoisotopic (exact) mass is 495 g/mol. The number of benzene rings is 3. The Labute approximate surface area is 194 Å². The van der Waals surface area contributed by atoms with Crippen molar-refractivity contribution in [2.75, 3.05) is 6.61 Å². The van der Waals surface area contributed by atoms with Crippen LogP contribution in [-0.2, 0) is 11.4 Å². The number of carboxylic acids is 1. The topological polar surface area (TPSA) is 84.9 Å². The molecule has 0 atom stereocenters. The quantitative estimate of drug-likeness (QED) is 0.394. The normalized spacial score (nSPS) is 11.0. The van der Waals surface area contributed by atoms with Gasteiger partial charge in [-0.3, -0.25) is 4.79 Å². The summed E-state index contributed by atoms with van der Waals surface area (Å²) in [7, 11) is 0. The highest BCUT2D eigenvalue weighted by Gasteiger charge is 2.14. The van der Waals surface area contributed by atoms with Crippen LogP contribution < -0.4 is 14.8 Å². The van der Waals surface area contributed by atoms with Gasteiger partial charge in [0.15, 0.2) is 11.5 Å². The van der Waals surface area contributed by atoms with Gasteiger partial charge in [-0.15, -0.1) is 0 Å². The lowest BCUT2D eigenvalue weighted by molar-refractivity contribution is -0.132. The summed E-state index contributed by atoms with van der Waals surface area (Å²) in [6, 6.07) is 21.3. The van der Waals surface area contributed by atoms with Gasteiger partial charge in [-0.1, -0.05) is 58.4 Å². The third kappa shape index (κ3) is 6.21. The number of carbonyl (C=O) groups excluding carboxylic acids is 1. The van der Waals surface area contributed by atoms with E-state index in [1.165, 1.54) is 6.08 Å². The first kappa shape index (κ1) is 23.1. The van der Waals surface area contributed by atoms with E-state index in [4.69, 9.17) is 9.47 Å². The van der Waals surface area contributed by atoms with Crippen molar-refractivity contribution < 1.29 is 24.2 Å². The van der Waals surface area contributed by atoms with E-state index in [-0.39, 0.29) is 5.70 Å². The van der Waals surface area contributed by atoms with Crippen LogP contribution in [0, 0.1) is 0 Å². The average molecular weight is 496 g/mol. The smallest absolute Gasteiger partial charge is 0.352 e. The molecule has 0 heterocycles.